The number of fused-ring (bicyclic) bond motifs is 2. The van der Waals surface area contributed by atoms with Crippen LogP contribution in [0, 0.1) is 13.8 Å². The second kappa shape index (κ2) is 7.23. The molecule has 0 aliphatic rings. The van der Waals surface area contributed by atoms with Crippen molar-refractivity contribution in [3.63, 3.8) is 0 Å². The SMILES string of the molecule is Cc1oc2cc(OCc3ccccc3)ccc2c(=O)c1-c1c(C)oc2ccccc12. The summed E-state index contributed by atoms with van der Waals surface area (Å²) in [6.07, 6.45) is 0. The molecule has 0 fully saturated rings. The Bertz CT molecular complexity index is 1420. The molecule has 4 nitrogen and oxygen atoms in total. The van der Waals surface area contributed by atoms with Crippen molar-refractivity contribution in [3.8, 4) is 16.9 Å². The molecule has 0 N–H and O–H groups in total. The van der Waals surface area contributed by atoms with Crippen LogP contribution in [-0.4, -0.2) is 0 Å². The van der Waals surface area contributed by atoms with E-state index in [1.165, 1.54) is 0 Å². The van der Waals surface area contributed by atoms with Crippen LogP contribution in [0.5, 0.6) is 5.75 Å². The van der Waals surface area contributed by atoms with E-state index >= 15 is 0 Å². The summed E-state index contributed by atoms with van der Waals surface area (Å²) >= 11 is 0. The Labute approximate surface area is 173 Å². The molecule has 2 aromatic heterocycles. The third kappa shape index (κ3) is 3.07. The minimum absolute atomic E-state index is 0.0713. The van der Waals surface area contributed by atoms with Crippen molar-refractivity contribution in [2.45, 2.75) is 20.5 Å². The van der Waals surface area contributed by atoms with E-state index in [2.05, 4.69) is 0 Å². The molecule has 2 heterocycles. The maximum absolute atomic E-state index is 13.4. The number of benzene rings is 3. The van der Waals surface area contributed by atoms with Gasteiger partial charge < -0.3 is 13.6 Å². The molecule has 0 aliphatic heterocycles. The van der Waals surface area contributed by atoms with Crippen LogP contribution < -0.4 is 10.2 Å². The molecule has 0 bridgehead atoms. The minimum atomic E-state index is -0.0713. The highest BCUT2D eigenvalue weighted by molar-refractivity contribution is 5.98. The Morgan fingerprint density at radius 1 is 0.733 bits per heavy atom. The summed E-state index contributed by atoms with van der Waals surface area (Å²) in [5.74, 6) is 1.92. The average Bonchev–Trinajstić information content (AvgIpc) is 3.08. The van der Waals surface area contributed by atoms with E-state index in [0.717, 1.165) is 22.1 Å². The number of rotatable bonds is 4. The summed E-state index contributed by atoms with van der Waals surface area (Å²) in [4.78, 5) is 13.4. The van der Waals surface area contributed by atoms with Gasteiger partial charge in [0.1, 0.15) is 35.0 Å². The quantitative estimate of drug-likeness (QED) is 0.353. The van der Waals surface area contributed by atoms with Gasteiger partial charge in [-0.05, 0) is 37.6 Å². The summed E-state index contributed by atoms with van der Waals surface area (Å²) in [6.45, 7) is 4.14. The standard InChI is InChI=1S/C26H20O4/c1-16-24(20-10-6-7-11-22(20)29-16)25-17(2)30-23-14-19(12-13-21(23)26(25)27)28-15-18-8-4-3-5-9-18/h3-14H,15H2,1-2H3. The van der Waals surface area contributed by atoms with Crippen molar-refractivity contribution in [1.82, 2.24) is 0 Å². The maximum Gasteiger partial charge on any atom is 0.200 e. The van der Waals surface area contributed by atoms with Gasteiger partial charge in [0.25, 0.3) is 0 Å². The molecule has 4 heteroatoms. The van der Waals surface area contributed by atoms with Gasteiger partial charge in [-0.2, -0.15) is 0 Å². The van der Waals surface area contributed by atoms with Crippen molar-refractivity contribution < 1.29 is 13.6 Å². The van der Waals surface area contributed by atoms with E-state index in [9.17, 15) is 4.79 Å². The van der Waals surface area contributed by atoms with Gasteiger partial charge in [0.05, 0.1) is 10.9 Å². The Morgan fingerprint density at radius 3 is 2.27 bits per heavy atom. The van der Waals surface area contributed by atoms with Gasteiger partial charge in [0.15, 0.2) is 0 Å². The fourth-order valence-corrected chi connectivity index (χ4v) is 3.88. The number of furan rings is 1. The van der Waals surface area contributed by atoms with Gasteiger partial charge in [-0.1, -0.05) is 48.5 Å². The highest BCUT2D eigenvalue weighted by Gasteiger charge is 2.21. The molecular formula is C26H20O4. The van der Waals surface area contributed by atoms with Crippen LogP contribution in [0.25, 0.3) is 33.1 Å². The zero-order chi connectivity index (χ0) is 20.7. The van der Waals surface area contributed by atoms with E-state index in [0.29, 0.717) is 40.4 Å². The van der Waals surface area contributed by atoms with E-state index in [1.54, 1.807) is 12.1 Å². The molecule has 148 valence electrons. The van der Waals surface area contributed by atoms with Crippen LogP contribution in [-0.2, 0) is 6.61 Å². The molecule has 0 radical (unpaired) electrons. The number of ether oxygens (including phenoxy) is 1. The third-order valence-corrected chi connectivity index (χ3v) is 5.31. The predicted octanol–water partition coefficient (Wildman–Crippen LogP) is 6.40. The maximum atomic E-state index is 13.4. The molecule has 0 aliphatic carbocycles. The van der Waals surface area contributed by atoms with Gasteiger partial charge in [0, 0.05) is 17.0 Å². The molecule has 0 saturated carbocycles. The lowest BCUT2D eigenvalue weighted by Gasteiger charge is -2.09. The second-order valence-corrected chi connectivity index (χ2v) is 7.32. The Kier molecular flexibility index (Phi) is 4.40. The van der Waals surface area contributed by atoms with E-state index in [1.807, 2.05) is 74.5 Å². The molecule has 0 spiro atoms. The van der Waals surface area contributed by atoms with Gasteiger partial charge in [0.2, 0.25) is 5.43 Å². The molecule has 0 saturated heterocycles. The van der Waals surface area contributed by atoms with Gasteiger partial charge in [-0.3, -0.25) is 4.79 Å². The number of aryl methyl sites for hydroxylation is 2. The van der Waals surface area contributed by atoms with Crippen LogP contribution in [0.2, 0.25) is 0 Å². The molecule has 30 heavy (non-hydrogen) atoms. The smallest absolute Gasteiger partial charge is 0.200 e. The van der Waals surface area contributed by atoms with Crippen LogP contribution in [0.4, 0.5) is 0 Å². The average molecular weight is 396 g/mol. The van der Waals surface area contributed by atoms with E-state index in [-0.39, 0.29) is 5.43 Å². The summed E-state index contributed by atoms with van der Waals surface area (Å²) in [5, 5.41) is 1.43. The summed E-state index contributed by atoms with van der Waals surface area (Å²) < 4.78 is 17.8. The third-order valence-electron chi connectivity index (χ3n) is 5.31. The predicted molar refractivity (Wildman–Crippen MR) is 118 cm³/mol. The Morgan fingerprint density at radius 2 is 1.43 bits per heavy atom. The largest absolute Gasteiger partial charge is 0.489 e. The highest BCUT2D eigenvalue weighted by atomic mass is 16.5. The van der Waals surface area contributed by atoms with Crippen molar-refractivity contribution >= 4 is 21.9 Å². The van der Waals surface area contributed by atoms with Crippen LogP contribution in [0.15, 0.2) is 86.4 Å². The lowest BCUT2D eigenvalue weighted by atomic mass is 9.99. The first-order valence-electron chi connectivity index (χ1n) is 9.84. The minimum Gasteiger partial charge on any atom is -0.489 e. The topological polar surface area (TPSA) is 52.6 Å². The Balaban J connectivity index is 1.59. The van der Waals surface area contributed by atoms with Gasteiger partial charge >= 0.3 is 0 Å². The van der Waals surface area contributed by atoms with Crippen LogP contribution in [0.1, 0.15) is 17.1 Å². The monoisotopic (exact) mass is 396 g/mol. The number of hydrogen-bond acceptors (Lipinski definition) is 4. The molecule has 0 atom stereocenters. The van der Waals surface area contributed by atoms with Gasteiger partial charge in [-0.25, -0.2) is 0 Å². The zero-order valence-corrected chi connectivity index (χ0v) is 16.8. The van der Waals surface area contributed by atoms with E-state index < -0.39 is 0 Å². The zero-order valence-electron chi connectivity index (χ0n) is 16.8. The van der Waals surface area contributed by atoms with Crippen molar-refractivity contribution in [2.75, 3.05) is 0 Å². The number of para-hydroxylation sites is 1. The molecule has 5 aromatic rings. The summed E-state index contributed by atoms with van der Waals surface area (Å²) in [7, 11) is 0. The summed E-state index contributed by atoms with van der Waals surface area (Å²) in [5.41, 5.74) is 3.61. The lowest BCUT2D eigenvalue weighted by Crippen LogP contribution is -2.08. The molecule has 0 unspecified atom stereocenters. The normalized spacial score (nSPS) is 11.3. The molecule has 3 aromatic carbocycles. The first-order chi connectivity index (χ1) is 14.6. The van der Waals surface area contributed by atoms with Crippen LogP contribution in [0.3, 0.4) is 0 Å². The second-order valence-electron chi connectivity index (χ2n) is 7.32. The molecule has 0 amide bonds. The lowest BCUT2D eigenvalue weighted by molar-refractivity contribution is 0.306. The van der Waals surface area contributed by atoms with Crippen molar-refractivity contribution in [2.24, 2.45) is 0 Å². The molecule has 5 rings (SSSR count). The molecular weight excluding hydrogens is 376 g/mol. The highest BCUT2D eigenvalue weighted by Crippen LogP contribution is 2.35. The Hall–Kier alpha value is -3.79. The first-order valence-corrected chi connectivity index (χ1v) is 9.84. The van der Waals surface area contributed by atoms with Crippen molar-refractivity contribution in [1.29, 1.82) is 0 Å². The van der Waals surface area contributed by atoms with E-state index in [4.69, 9.17) is 13.6 Å². The van der Waals surface area contributed by atoms with Crippen molar-refractivity contribution in [3.05, 3.63) is 100 Å². The van der Waals surface area contributed by atoms with Gasteiger partial charge in [-0.15, -0.1) is 0 Å². The number of hydrogen-bond donors (Lipinski definition) is 0. The fraction of sp³-hybridized carbons (Fsp3) is 0.115. The summed E-state index contributed by atoms with van der Waals surface area (Å²) in [6, 6.07) is 23.0. The van der Waals surface area contributed by atoms with Crippen LogP contribution >= 0.6 is 0 Å². The first kappa shape index (κ1) is 18.3. The fourth-order valence-electron chi connectivity index (χ4n) is 3.88.